The Balaban J connectivity index is 1.86. The Hall–Kier alpha value is -2.68. The summed E-state index contributed by atoms with van der Waals surface area (Å²) in [6.07, 6.45) is 0.610. The fourth-order valence-electron chi connectivity index (χ4n) is 2.80. The summed E-state index contributed by atoms with van der Waals surface area (Å²) in [7, 11) is -4.10. The quantitative estimate of drug-likeness (QED) is 0.350. The molecular formula is C20H22N2O5S. The second kappa shape index (κ2) is 8.55. The van der Waals surface area contributed by atoms with Crippen molar-refractivity contribution in [2.45, 2.75) is 25.3 Å². The van der Waals surface area contributed by atoms with Gasteiger partial charge in [0, 0.05) is 17.9 Å². The molecule has 0 spiro atoms. The van der Waals surface area contributed by atoms with Crippen molar-refractivity contribution < 1.29 is 22.2 Å². The van der Waals surface area contributed by atoms with Crippen LogP contribution in [0.4, 0.5) is 0 Å². The number of nitrogens with zero attached hydrogens (tertiary/aromatic N) is 1. The van der Waals surface area contributed by atoms with E-state index in [0.717, 1.165) is 10.9 Å². The smallest absolute Gasteiger partial charge is 0.357 e. The third kappa shape index (κ3) is 4.78. The summed E-state index contributed by atoms with van der Waals surface area (Å²) in [5.41, 5.74) is 1.91. The first-order valence-corrected chi connectivity index (χ1v) is 10.2. The molecule has 3 rings (SSSR count). The van der Waals surface area contributed by atoms with Crippen LogP contribution < -0.4 is 14.8 Å². The highest BCUT2D eigenvalue weighted by Crippen LogP contribution is 2.27. The molecule has 0 aliphatic carbocycles. The van der Waals surface area contributed by atoms with Crippen molar-refractivity contribution in [3.8, 4) is 11.5 Å². The summed E-state index contributed by atoms with van der Waals surface area (Å²) in [4.78, 5) is 8.78. The predicted octanol–water partition coefficient (Wildman–Crippen LogP) is 3.28. The minimum atomic E-state index is -4.10. The van der Waals surface area contributed by atoms with E-state index < -0.39 is 10.1 Å². The summed E-state index contributed by atoms with van der Waals surface area (Å²) in [6.45, 7) is 4.28. The Morgan fingerprint density at radius 3 is 2.54 bits per heavy atom. The van der Waals surface area contributed by atoms with Crippen molar-refractivity contribution in [2.24, 2.45) is 5.90 Å². The van der Waals surface area contributed by atoms with Gasteiger partial charge in [-0.3, -0.25) is 0 Å². The van der Waals surface area contributed by atoms with Gasteiger partial charge in [-0.1, -0.05) is 18.2 Å². The van der Waals surface area contributed by atoms with Gasteiger partial charge in [0.1, 0.15) is 11.5 Å². The van der Waals surface area contributed by atoms with Crippen LogP contribution in [0.2, 0.25) is 0 Å². The molecule has 1 heterocycles. The van der Waals surface area contributed by atoms with Gasteiger partial charge >= 0.3 is 10.1 Å². The first-order chi connectivity index (χ1) is 13.4. The molecule has 148 valence electrons. The molecule has 0 saturated carbocycles. The molecule has 2 N–H and O–H groups in total. The van der Waals surface area contributed by atoms with Crippen molar-refractivity contribution in [3.63, 3.8) is 0 Å². The van der Waals surface area contributed by atoms with Crippen LogP contribution in [-0.4, -0.2) is 26.6 Å². The standard InChI is InChI=1S/C20H22N2O5S/c1-14-10-17(25-8-5-9-26-21)13-18(11-14)27-28(23,24)20-15(2)12-16-6-3-4-7-19(16)22-20/h3-4,6-7,10-13H,5,8-9,21H2,1-2H3. The molecule has 0 aliphatic heterocycles. The number of ether oxygens (including phenoxy) is 1. The highest BCUT2D eigenvalue weighted by molar-refractivity contribution is 7.87. The Kier molecular flexibility index (Phi) is 6.13. The number of pyridine rings is 1. The Labute approximate surface area is 164 Å². The summed E-state index contributed by atoms with van der Waals surface area (Å²) < 4.78 is 36.6. The fourth-order valence-corrected chi connectivity index (χ4v) is 3.89. The molecule has 8 heteroatoms. The largest absolute Gasteiger partial charge is 0.493 e. The molecule has 0 unspecified atom stereocenters. The molecule has 0 bridgehead atoms. The van der Waals surface area contributed by atoms with Crippen LogP contribution in [-0.2, 0) is 15.0 Å². The minimum Gasteiger partial charge on any atom is -0.493 e. The number of benzene rings is 2. The molecule has 0 amide bonds. The normalized spacial score (nSPS) is 11.5. The molecule has 3 aromatic rings. The fraction of sp³-hybridized carbons (Fsp3) is 0.250. The van der Waals surface area contributed by atoms with Gasteiger partial charge in [0.05, 0.1) is 18.7 Å². The number of rotatable bonds is 8. The third-order valence-corrected chi connectivity index (χ3v) is 5.31. The Bertz CT molecular complexity index is 1080. The topological polar surface area (TPSA) is 101 Å². The van der Waals surface area contributed by atoms with Gasteiger partial charge in [0.25, 0.3) is 0 Å². The van der Waals surface area contributed by atoms with Gasteiger partial charge in [-0.2, -0.15) is 8.42 Å². The predicted molar refractivity (Wildman–Crippen MR) is 106 cm³/mol. The SMILES string of the molecule is Cc1cc(OCCCON)cc(OS(=O)(=O)c2nc3ccccc3cc2C)c1. The van der Waals surface area contributed by atoms with Crippen molar-refractivity contribution in [1.82, 2.24) is 4.98 Å². The van der Waals surface area contributed by atoms with Crippen molar-refractivity contribution in [3.05, 3.63) is 59.7 Å². The second-order valence-corrected chi connectivity index (χ2v) is 7.86. The van der Waals surface area contributed by atoms with Crippen LogP contribution in [0.3, 0.4) is 0 Å². The molecule has 28 heavy (non-hydrogen) atoms. The molecule has 7 nitrogen and oxygen atoms in total. The van der Waals surface area contributed by atoms with E-state index in [4.69, 9.17) is 14.8 Å². The third-order valence-electron chi connectivity index (χ3n) is 4.01. The zero-order valence-electron chi connectivity index (χ0n) is 15.7. The monoisotopic (exact) mass is 402 g/mol. The zero-order valence-corrected chi connectivity index (χ0v) is 16.5. The number of hydrogen-bond acceptors (Lipinski definition) is 7. The van der Waals surface area contributed by atoms with Crippen LogP contribution in [0.15, 0.2) is 53.6 Å². The molecule has 0 atom stereocenters. The van der Waals surface area contributed by atoms with Gasteiger partial charge in [0.2, 0.25) is 0 Å². The van der Waals surface area contributed by atoms with E-state index >= 15 is 0 Å². The summed E-state index contributed by atoms with van der Waals surface area (Å²) in [5, 5.41) is 0.766. The number of nitrogens with two attached hydrogens (primary N) is 1. The lowest BCUT2D eigenvalue weighted by atomic mass is 10.2. The maximum Gasteiger partial charge on any atom is 0.357 e. The Morgan fingerprint density at radius 1 is 1.00 bits per heavy atom. The molecule has 0 radical (unpaired) electrons. The van der Waals surface area contributed by atoms with Crippen molar-refractivity contribution >= 4 is 21.0 Å². The lowest BCUT2D eigenvalue weighted by molar-refractivity contribution is 0.122. The van der Waals surface area contributed by atoms with E-state index in [2.05, 4.69) is 9.82 Å². The summed E-state index contributed by atoms with van der Waals surface area (Å²) in [5.74, 6) is 5.65. The molecule has 0 fully saturated rings. The van der Waals surface area contributed by atoms with Crippen LogP contribution in [0.1, 0.15) is 17.5 Å². The molecule has 2 aromatic carbocycles. The van der Waals surface area contributed by atoms with Gasteiger partial charge in [-0.05, 0) is 49.2 Å². The molecule has 1 aromatic heterocycles. The maximum atomic E-state index is 12.8. The number of hydrogen-bond donors (Lipinski definition) is 1. The van der Waals surface area contributed by atoms with Gasteiger partial charge in [-0.25, -0.2) is 10.9 Å². The van der Waals surface area contributed by atoms with Crippen LogP contribution in [0.5, 0.6) is 11.5 Å². The average Bonchev–Trinajstić information content (AvgIpc) is 2.64. The number of para-hydroxylation sites is 1. The highest BCUT2D eigenvalue weighted by atomic mass is 32.2. The number of aryl methyl sites for hydroxylation is 2. The van der Waals surface area contributed by atoms with Gasteiger partial charge < -0.3 is 13.8 Å². The lowest BCUT2D eigenvalue weighted by Crippen LogP contribution is -2.13. The maximum absolute atomic E-state index is 12.8. The van der Waals surface area contributed by atoms with E-state index in [1.54, 1.807) is 31.2 Å². The Morgan fingerprint density at radius 2 is 1.75 bits per heavy atom. The van der Waals surface area contributed by atoms with E-state index in [1.165, 1.54) is 6.07 Å². The number of fused-ring (bicyclic) bond motifs is 1. The first kappa shape index (κ1) is 20.1. The number of aromatic nitrogens is 1. The van der Waals surface area contributed by atoms with Gasteiger partial charge in [0.15, 0.2) is 5.03 Å². The second-order valence-electron chi connectivity index (χ2n) is 6.40. The van der Waals surface area contributed by atoms with Gasteiger partial charge in [-0.15, -0.1) is 0 Å². The van der Waals surface area contributed by atoms with E-state index in [0.29, 0.717) is 36.5 Å². The van der Waals surface area contributed by atoms with Crippen molar-refractivity contribution in [1.29, 1.82) is 0 Å². The summed E-state index contributed by atoms with van der Waals surface area (Å²) in [6, 6.07) is 14.1. The van der Waals surface area contributed by atoms with Crippen LogP contribution >= 0.6 is 0 Å². The molecule has 0 aliphatic rings. The average molecular weight is 402 g/mol. The lowest BCUT2D eigenvalue weighted by Gasteiger charge is -2.12. The minimum absolute atomic E-state index is 0.102. The highest BCUT2D eigenvalue weighted by Gasteiger charge is 2.22. The molecule has 0 saturated heterocycles. The first-order valence-electron chi connectivity index (χ1n) is 8.76. The van der Waals surface area contributed by atoms with Crippen molar-refractivity contribution in [2.75, 3.05) is 13.2 Å². The van der Waals surface area contributed by atoms with Crippen LogP contribution in [0.25, 0.3) is 10.9 Å². The summed E-state index contributed by atoms with van der Waals surface area (Å²) >= 11 is 0. The van der Waals surface area contributed by atoms with E-state index in [9.17, 15) is 8.42 Å². The van der Waals surface area contributed by atoms with Crippen LogP contribution in [0, 0.1) is 13.8 Å². The van der Waals surface area contributed by atoms with E-state index in [1.807, 2.05) is 25.1 Å². The van der Waals surface area contributed by atoms with E-state index in [-0.39, 0.29) is 10.8 Å². The zero-order chi connectivity index (χ0) is 20.1. The molecular weight excluding hydrogens is 380 g/mol.